The van der Waals surface area contributed by atoms with Crippen molar-refractivity contribution in [3.05, 3.63) is 23.5 Å². The SMILES string of the molecule is CCNC(Cc1cn2ccsc2n1)C1CCCC1. The molecule has 2 aromatic rings. The van der Waals surface area contributed by atoms with E-state index in [2.05, 4.69) is 34.4 Å². The number of rotatable bonds is 5. The molecule has 1 aliphatic carbocycles. The van der Waals surface area contributed by atoms with Crippen molar-refractivity contribution in [3.8, 4) is 0 Å². The van der Waals surface area contributed by atoms with E-state index >= 15 is 0 Å². The minimum atomic E-state index is 0.613. The Labute approximate surface area is 112 Å². The first-order chi connectivity index (χ1) is 8.86. The van der Waals surface area contributed by atoms with Gasteiger partial charge in [-0.3, -0.25) is 4.40 Å². The number of nitrogens with zero attached hydrogens (tertiary/aromatic N) is 2. The summed E-state index contributed by atoms with van der Waals surface area (Å²) in [6, 6.07) is 0.613. The van der Waals surface area contributed by atoms with E-state index in [1.165, 1.54) is 31.4 Å². The zero-order valence-corrected chi connectivity index (χ0v) is 11.7. The largest absolute Gasteiger partial charge is 0.314 e. The van der Waals surface area contributed by atoms with E-state index < -0.39 is 0 Å². The highest BCUT2D eigenvalue weighted by atomic mass is 32.1. The highest BCUT2D eigenvalue weighted by Crippen LogP contribution is 2.29. The number of hydrogen-bond acceptors (Lipinski definition) is 3. The molecule has 1 aliphatic rings. The summed E-state index contributed by atoms with van der Waals surface area (Å²) in [6.45, 7) is 3.26. The van der Waals surface area contributed by atoms with Crippen LogP contribution in [0.15, 0.2) is 17.8 Å². The van der Waals surface area contributed by atoms with Gasteiger partial charge in [0.15, 0.2) is 4.96 Å². The lowest BCUT2D eigenvalue weighted by Crippen LogP contribution is -2.37. The molecule has 3 nitrogen and oxygen atoms in total. The van der Waals surface area contributed by atoms with E-state index in [-0.39, 0.29) is 0 Å². The predicted octanol–water partition coefficient (Wildman–Crippen LogP) is 3.11. The molecule has 0 aliphatic heterocycles. The van der Waals surface area contributed by atoms with Crippen LogP contribution in [0, 0.1) is 5.92 Å². The van der Waals surface area contributed by atoms with E-state index in [0.29, 0.717) is 6.04 Å². The van der Waals surface area contributed by atoms with Gasteiger partial charge in [-0.2, -0.15) is 0 Å². The van der Waals surface area contributed by atoms with Crippen LogP contribution in [0.5, 0.6) is 0 Å². The maximum absolute atomic E-state index is 4.71. The van der Waals surface area contributed by atoms with Crippen LogP contribution in [0.1, 0.15) is 38.3 Å². The van der Waals surface area contributed by atoms with Gasteiger partial charge >= 0.3 is 0 Å². The van der Waals surface area contributed by atoms with E-state index in [1.54, 1.807) is 11.3 Å². The van der Waals surface area contributed by atoms with Crippen molar-refractivity contribution < 1.29 is 0 Å². The van der Waals surface area contributed by atoms with E-state index in [9.17, 15) is 0 Å². The maximum Gasteiger partial charge on any atom is 0.193 e. The molecular formula is C14H21N3S. The molecule has 0 spiro atoms. The van der Waals surface area contributed by atoms with Crippen molar-refractivity contribution >= 4 is 16.3 Å². The van der Waals surface area contributed by atoms with Crippen LogP contribution in [-0.2, 0) is 6.42 Å². The Kier molecular flexibility index (Phi) is 3.66. The average molecular weight is 263 g/mol. The van der Waals surface area contributed by atoms with Gasteiger partial charge < -0.3 is 5.32 Å². The van der Waals surface area contributed by atoms with Crippen LogP contribution in [0.25, 0.3) is 4.96 Å². The number of nitrogens with one attached hydrogen (secondary N) is 1. The zero-order valence-electron chi connectivity index (χ0n) is 10.9. The molecule has 98 valence electrons. The second-order valence-corrected chi connectivity index (χ2v) is 6.11. The molecule has 0 amide bonds. The maximum atomic E-state index is 4.71. The first kappa shape index (κ1) is 12.2. The van der Waals surface area contributed by atoms with Crippen LogP contribution in [0.3, 0.4) is 0 Å². The molecule has 4 heteroatoms. The molecule has 1 saturated carbocycles. The fourth-order valence-corrected chi connectivity index (χ4v) is 3.85. The molecule has 18 heavy (non-hydrogen) atoms. The van der Waals surface area contributed by atoms with Crippen LogP contribution >= 0.6 is 11.3 Å². The van der Waals surface area contributed by atoms with Crippen molar-refractivity contribution in [1.82, 2.24) is 14.7 Å². The van der Waals surface area contributed by atoms with E-state index in [1.807, 2.05) is 0 Å². The summed E-state index contributed by atoms with van der Waals surface area (Å²) in [5.41, 5.74) is 1.24. The van der Waals surface area contributed by atoms with Gasteiger partial charge in [0.1, 0.15) is 0 Å². The van der Waals surface area contributed by atoms with Gasteiger partial charge in [0, 0.05) is 30.2 Å². The Hall–Kier alpha value is -0.870. The number of imidazole rings is 1. The smallest absolute Gasteiger partial charge is 0.193 e. The van der Waals surface area contributed by atoms with E-state index in [4.69, 9.17) is 4.98 Å². The standard InChI is InChI=1S/C14H21N3S/c1-2-15-13(11-5-3-4-6-11)9-12-10-17-7-8-18-14(17)16-12/h7-8,10-11,13,15H,2-6,9H2,1H3. The molecule has 1 unspecified atom stereocenters. The highest BCUT2D eigenvalue weighted by Gasteiger charge is 2.25. The van der Waals surface area contributed by atoms with Gasteiger partial charge in [-0.15, -0.1) is 11.3 Å². The summed E-state index contributed by atoms with van der Waals surface area (Å²) < 4.78 is 2.14. The Bertz CT molecular complexity index is 467. The first-order valence-electron chi connectivity index (χ1n) is 7.01. The molecule has 0 aromatic carbocycles. The number of hydrogen-bond donors (Lipinski definition) is 1. The van der Waals surface area contributed by atoms with Crippen LogP contribution < -0.4 is 5.32 Å². The van der Waals surface area contributed by atoms with Gasteiger partial charge in [-0.1, -0.05) is 19.8 Å². The van der Waals surface area contributed by atoms with Gasteiger partial charge in [0.2, 0.25) is 0 Å². The third kappa shape index (κ3) is 2.45. The normalized spacial score (nSPS) is 18.7. The van der Waals surface area contributed by atoms with Crippen molar-refractivity contribution in [2.24, 2.45) is 5.92 Å². The number of fused-ring (bicyclic) bond motifs is 1. The van der Waals surface area contributed by atoms with Crippen molar-refractivity contribution in [2.45, 2.75) is 45.1 Å². The Balaban J connectivity index is 1.72. The summed E-state index contributed by atoms with van der Waals surface area (Å²) in [5.74, 6) is 0.852. The minimum Gasteiger partial charge on any atom is -0.314 e. The van der Waals surface area contributed by atoms with Crippen molar-refractivity contribution in [1.29, 1.82) is 0 Å². The fourth-order valence-electron chi connectivity index (χ4n) is 3.13. The van der Waals surface area contributed by atoms with Gasteiger partial charge in [-0.25, -0.2) is 4.98 Å². The molecular weight excluding hydrogens is 242 g/mol. The highest BCUT2D eigenvalue weighted by molar-refractivity contribution is 7.15. The summed E-state index contributed by atoms with van der Waals surface area (Å²) >= 11 is 1.71. The first-order valence-corrected chi connectivity index (χ1v) is 7.89. The monoisotopic (exact) mass is 263 g/mol. The third-order valence-corrected chi connectivity index (χ3v) is 4.78. The Morgan fingerprint density at radius 2 is 2.33 bits per heavy atom. The van der Waals surface area contributed by atoms with Crippen LogP contribution in [0.2, 0.25) is 0 Å². The van der Waals surface area contributed by atoms with Crippen LogP contribution in [0.4, 0.5) is 0 Å². The molecule has 0 saturated heterocycles. The molecule has 0 radical (unpaired) electrons. The summed E-state index contributed by atoms with van der Waals surface area (Å²) in [4.78, 5) is 5.82. The fraction of sp³-hybridized carbons (Fsp3) is 0.643. The number of thiazole rings is 1. The van der Waals surface area contributed by atoms with Gasteiger partial charge in [0.25, 0.3) is 0 Å². The lowest BCUT2D eigenvalue weighted by Gasteiger charge is -2.23. The molecule has 1 atom stereocenters. The summed E-state index contributed by atoms with van der Waals surface area (Å²) in [5, 5.41) is 5.75. The number of aromatic nitrogens is 2. The Morgan fingerprint density at radius 1 is 1.50 bits per heavy atom. The van der Waals surface area contributed by atoms with E-state index in [0.717, 1.165) is 23.8 Å². The topological polar surface area (TPSA) is 29.3 Å². The zero-order chi connectivity index (χ0) is 12.4. The second-order valence-electron chi connectivity index (χ2n) is 5.24. The summed E-state index contributed by atoms with van der Waals surface area (Å²) in [6.07, 6.45) is 10.9. The molecule has 1 N–H and O–H groups in total. The Morgan fingerprint density at radius 3 is 3.06 bits per heavy atom. The average Bonchev–Trinajstić information content (AvgIpc) is 3.04. The predicted molar refractivity (Wildman–Crippen MR) is 76.2 cm³/mol. The van der Waals surface area contributed by atoms with Crippen LogP contribution in [-0.4, -0.2) is 22.0 Å². The van der Waals surface area contributed by atoms with Crippen molar-refractivity contribution in [3.63, 3.8) is 0 Å². The lowest BCUT2D eigenvalue weighted by molar-refractivity contribution is 0.360. The number of likely N-dealkylation sites (N-methyl/N-ethyl adjacent to an activating group) is 1. The second kappa shape index (κ2) is 5.41. The molecule has 2 heterocycles. The molecule has 2 aromatic heterocycles. The minimum absolute atomic E-state index is 0.613. The van der Waals surface area contributed by atoms with Gasteiger partial charge in [-0.05, 0) is 25.3 Å². The van der Waals surface area contributed by atoms with Crippen molar-refractivity contribution in [2.75, 3.05) is 6.54 Å². The lowest BCUT2D eigenvalue weighted by atomic mass is 9.94. The molecule has 1 fully saturated rings. The molecule has 3 rings (SSSR count). The third-order valence-electron chi connectivity index (χ3n) is 4.01. The van der Waals surface area contributed by atoms with Gasteiger partial charge in [0.05, 0.1) is 5.69 Å². The summed E-state index contributed by atoms with van der Waals surface area (Å²) in [7, 11) is 0. The quantitative estimate of drug-likeness (QED) is 0.898. The molecule has 0 bridgehead atoms.